The number of aryl methyl sites for hydroxylation is 1. The van der Waals surface area contributed by atoms with Gasteiger partial charge in [0.25, 0.3) is 5.56 Å². The fourth-order valence-corrected chi connectivity index (χ4v) is 4.29. The summed E-state index contributed by atoms with van der Waals surface area (Å²) >= 11 is 1.36. The molecule has 0 atom stereocenters. The first-order valence-electron chi connectivity index (χ1n) is 9.41. The standard InChI is InChI=1S/C21H20N4O3S/c1-2-14-7-3-6-10-17(14)25-19(27)15-8-4-5-9-16(15)23-21(25)29-12-11-24-18(26)13-22-20(24)28/h3-10H,2,11-13H2,1H3,(H,22,28). The highest BCUT2D eigenvalue weighted by atomic mass is 32.2. The van der Waals surface area contributed by atoms with Gasteiger partial charge in [0.05, 0.1) is 23.1 Å². The molecule has 4 rings (SSSR count). The molecule has 29 heavy (non-hydrogen) atoms. The second-order valence-electron chi connectivity index (χ2n) is 6.59. The Labute approximate surface area is 171 Å². The zero-order chi connectivity index (χ0) is 20.4. The van der Waals surface area contributed by atoms with E-state index in [2.05, 4.69) is 5.32 Å². The Kier molecular flexibility index (Phi) is 5.35. The number of rotatable bonds is 6. The molecule has 1 N–H and O–H groups in total. The Morgan fingerprint density at radius 2 is 1.83 bits per heavy atom. The molecule has 0 saturated carbocycles. The highest BCUT2D eigenvalue weighted by Gasteiger charge is 2.28. The third kappa shape index (κ3) is 3.63. The van der Waals surface area contributed by atoms with Gasteiger partial charge < -0.3 is 5.32 Å². The second-order valence-corrected chi connectivity index (χ2v) is 7.65. The van der Waals surface area contributed by atoms with Crippen molar-refractivity contribution in [3.05, 3.63) is 64.4 Å². The molecule has 3 amide bonds. The van der Waals surface area contributed by atoms with Gasteiger partial charge in [0.1, 0.15) is 0 Å². The van der Waals surface area contributed by atoms with Crippen molar-refractivity contribution in [1.29, 1.82) is 0 Å². The average molecular weight is 408 g/mol. The third-order valence-electron chi connectivity index (χ3n) is 4.84. The monoisotopic (exact) mass is 408 g/mol. The smallest absolute Gasteiger partial charge is 0.324 e. The van der Waals surface area contributed by atoms with Crippen LogP contribution in [0.5, 0.6) is 0 Å². The number of fused-ring (bicyclic) bond motifs is 1. The van der Waals surface area contributed by atoms with E-state index in [1.807, 2.05) is 49.4 Å². The zero-order valence-corrected chi connectivity index (χ0v) is 16.7. The summed E-state index contributed by atoms with van der Waals surface area (Å²) in [5, 5.41) is 3.61. The quantitative estimate of drug-likeness (QED) is 0.385. The summed E-state index contributed by atoms with van der Waals surface area (Å²) in [4.78, 5) is 42.8. The molecule has 1 fully saturated rings. The maximum Gasteiger partial charge on any atom is 0.324 e. The lowest BCUT2D eigenvalue weighted by Crippen LogP contribution is -2.33. The Bertz CT molecular complexity index is 1140. The number of nitrogens with zero attached hydrogens (tertiary/aromatic N) is 3. The number of para-hydroxylation sites is 2. The van der Waals surface area contributed by atoms with Crippen LogP contribution >= 0.6 is 11.8 Å². The molecule has 0 aliphatic carbocycles. The number of urea groups is 1. The summed E-state index contributed by atoms with van der Waals surface area (Å²) in [6, 6.07) is 14.6. The topological polar surface area (TPSA) is 84.3 Å². The molecule has 0 unspecified atom stereocenters. The molecule has 2 heterocycles. The minimum atomic E-state index is -0.379. The molecule has 1 aromatic heterocycles. The molecule has 3 aromatic rings. The zero-order valence-electron chi connectivity index (χ0n) is 15.9. The number of imide groups is 1. The minimum Gasteiger partial charge on any atom is -0.329 e. The lowest BCUT2D eigenvalue weighted by atomic mass is 10.1. The first-order chi connectivity index (χ1) is 14.1. The fraction of sp³-hybridized carbons (Fsp3) is 0.238. The highest BCUT2D eigenvalue weighted by Crippen LogP contribution is 2.24. The Morgan fingerprint density at radius 1 is 1.07 bits per heavy atom. The van der Waals surface area contributed by atoms with E-state index in [0.29, 0.717) is 21.8 Å². The average Bonchev–Trinajstić information content (AvgIpc) is 3.06. The summed E-state index contributed by atoms with van der Waals surface area (Å²) in [5.74, 6) is 0.203. The predicted octanol–water partition coefficient (Wildman–Crippen LogP) is 2.59. The molecule has 148 valence electrons. The minimum absolute atomic E-state index is 0.0340. The van der Waals surface area contributed by atoms with Gasteiger partial charge in [-0.1, -0.05) is 49.0 Å². The van der Waals surface area contributed by atoms with E-state index < -0.39 is 0 Å². The van der Waals surface area contributed by atoms with E-state index in [9.17, 15) is 14.4 Å². The number of hydrogen-bond donors (Lipinski definition) is 1. The molecular formula is C21H20N4O3S. The number of nitrogens with one attached hydrogen (secondary N) is 1. The molecule has 2 aromatic carbocycles. The largest absolute Gasteiger partial charge is 0.329 e. The van der Waals surface area contributed by atoms with Gasteiger partial charge in [-0.3, -0.25) is 19.1 Å². The summed E-state index contributed by atoms with van der Waals surface area (Å²) < 4.78 is 1.64. The molecule has 7 nitrogen and oxygen atoms in total. The van der Waals surface area contributed by atoms with Crippen LogP contribution in [0.1, 0.15) is 12.5 Å². The first-order valence-corrected chi connectivity index (χ1v) is 10.4. The maximum atomic E-state index is 13.3. The van der Waals surface area contributed by atoms with Crippen molar-refractivity contribution in [3.63, 3.8) is 0 Å². The molecule has 1 aliphatic heterocycles. The van der Waals surface area contributed by atoms with Crippen LogP contribution < -0.4 is 10.9 Å². The molecule has 1 aliphatic rings. The van der Waals surface area contributed by atoms with E-state index in [1.54, 1.807) is 10.6 Å². The Morgan fingerprint density at radius 3 is 2.59 bits per heavy atom. The van der Waals surface area contributed by atoms with Crippen LogP contribution in [0.2, 0.25) is 0 Å². The summed E-state index contributed by atoms with van der Waals surface area (Å²) in [5.41, 5.74) is 2.34. The number of hydrogen-bond acceptors (Lipinski definition) is 5. The molecule has 0 spiro atoms. The van der Waals surface area contributed by atoms with Crippen LogP contribution in [-0.2, 0) is 11.2 Å². The lowest BCUT2D eigenvalue weighted by Gasteiger charge is -2.17. The van der Waals surface area contributed by atoms with Crippen LogP contribution in [0.25, 0.3) is 16.6 Å². The number of benzene rings is 2. The number of carbonyl (C=O) groups excluding carboxylic acids is 2. The van der Waals surface area contributed by atoms with Gasteiger partial charge in [-0.15, -0.1) is 0 Å². The van der Waals surface area contributed by atoms with Gasteiger partial charge in [0.2, 0.25) is 5.91 Å². The number of carbonyl (C=O) groups is 2. The number of amides is 3. The van der Waals surface area contributed by atoms with Crippen molar-refractivity contribution in [3.8, 4) is 5.69 Å². The van der Waals surface area contributed by atoms with Crippen molar-refractivity contribution >= 4 is 34.6 Å². The van der Waals surface area contributed by atoms with E-state index >= 15 is 0 Å². The van der Waals surface area contributed by atoms with Crippen LogP contribution in [0.4, 0.5) is 4.79 Å². The normalized spacial score (nSPS) is 13.9. The van der Waals surface area contributed by atoms with E-state index in [4.69, 9.17) is 4.98 Å². The van der Waals surface area contributed by atoms with Crippen molar-refractivity contribution in [2.24, 2.45) is 0 Å². The maximum absolute atomic E-state index is 13.3. The SMILES string of the molecule is CCc1ccccc1-n1c(SCCN2C(=O)CNC2=O)nc2ccccc2c1=O. The van der Waals surface area contributed by atoms with Crippen LogP contribution in [0.3, 0.4) is 0 Å². The van der Waals surface area contributed by atoms with E-state index in [0.717, 1.165) is 17.7 Å². The van der Waals surface area contributed by atoms with Gasteiger partial charge in [-0.25, -0.2) is 9.78 Å². The van der Waals surface area contributed by atoms with Gasteiger partial charge in [-0.05, 0) is 30.2 Å². The van der Waals surface area contributed by atoms with Crippen LogP contribution in [-0.4, -0.2) is 45.2 Å². The van der Waals surface area contributed by atoms with Crippen molar-refractivity contribution in [2.45, 2.75) is 18.5 Å². The third-order valence-corrected chi connectivity index (χ3v) is 5.76. The van der Waals surface area contributed by atoms with Crippen LogP contribution in [0.15, 0.2) is 58.5 Å². The summed E-state index contributed by atoms with van der Waals surface area (Å²) in [6.45, 7) is 2.34. The van der Waals surface area contributed by atoms with Gasteiger partial charge in [-0.2, -0.15) is 0 Å². The molecule has 0 bridgehead atoms. The molecular weight excluding hydrogens is 388 g/mol. The molecule has 8 heteroatoms. The van der Waals surface area contributed by atoms with Gasteiger partial charge in [0, 0.05) is 12.3 Å². The highest BCUT2D eigenvalue weighted by molar-refractivity contribution is 7.99. The molecule has 0 radical (unpaired) electrons. The fourth-order valence-electron chi connectivity index (χ4n) is 3.36. The first kappa shape index (κ1) is 19.2. The summed E-state index contributed by atoms with van der Waals surface area (Å²) in [7, 11) is 0. The number of aromatic nitrogens is 2. The van der Waals surface area contributed by atoms with Crippen molar-refractivity contribution in [1.82, 2.24) is 19.8 Å². The Balaban J connectivity index is 1.75. The Hall–Kier alpha value is -3.13. The number of thioether (sulfide) groups is 1. The van der Waals surface area contributed by atoms with Crippen molar-refractivity contribution < 1.29 is 9.59 Å². The van der Waals surface area contributed by atoms with Gasteiger partial charge >= 0.3 is 6.03 Å². The lowest BCUT2D eigenvalue weighted by molar-refractivity contribution is -0.124. The van der Waals surface area contributed by atoms with E-state index in [-0.39, 0.29) is 30.6 Å². The summed E-state index contributed by atoms with van der Waals surface area (Å²) in [6.07, 6.45) is 0.780. The van der Waals surface area contributed by atoms with Gasteiger partial charge in [0.15, 0.2) is 5.16 Å². The predicted molar refractivity (Wildman–Crippen MR) is 113 cm³/mol. The second kappa shape index (κ2) is 8.08. The molecule has 1 saturated heterocycles. The van der Waals surface area contributed by atoms with Crippen molar-refractivity contribution in [2.75, 3.05) is 18.8 Å². The van der Waals surface area contributed by atoms with Crippen LogP contribution in [0, 0.1) is 0 Å². The van der Waals surface area contributed by atoms with E-state index in [1.165, 1.54) is 16.7 Å².